The normalized spacial score (nSPS) is 14.9. The first-order valence-corrected chi connectivity index (χ1v) is 22.9. The van der Waals surface area contributed by atoms with Crippen LogP contribution in [0.2, 0.25) is 0 Å². The van der Waals surface area contributed by atoms with Crippen LogP contribution in [0.3, 0.4) is 0 Å². The number of carbonyl (C=O) groups is 5. The summed E-state index contributed by atoms with van der Waals surface area (Å²) in [5, 5.41) is 13.5. The third kappa shape index (κ3) is 11.7. The molecule has 0 radical (unpaired) electrons. The van der Waals surface area contributed by atoms with Crippen molar-refractivity contribution in [3.05, 3.63) is 108 Å². The molecule has 5 aromatic rings. The number of anilines is 4. The van der Waals surface area contributed by atoms with Gasteiger partial charge in [0.25, 0.3) is 23.6 Å². The highest BCUT2D eigenvalue weighted by molar-refractivity contribution is 7.54. The van der Waals surface area contributed by atoms with Gasteiger partial charge in [0, 0.05) is 84.3 Å². The number of hydrogen-bond acceptors (Lipinski definition) is 12. The maximum Gasteiger partial charge on any atom is 0.430 e. The van der Waals surface area contributed by atoms with Crippen molar-refractivity contribution in [2.75, 3.05) is 61.6 Å². The van der Waals surface area contributed by atoms with Crippen LogP contribution < -0.4 is 35.8 Å². The summed E-state index contributed by atoms with van der Waals surface area (Å²) in [5.74, 6) is -1.08. The molecule has 23 heteroatoms. The zero-order valence-electron chi connectivity index (χ0n) is 38.0. The Labute approximate surface area is 390 Å². The number of methoxy groups -OCH3 is 2. The summed E-state index contributed by atoms with van der Waals surface area (Å²) in [6, 6.07) is 12.7. The summed E-state index contributed by atoms with van der Waals surface area (Å²) < 4.78 is 38.0. The maximum absolute atomic E-state index is 13.4. The highest BCUT2D eigenvalue weighted by atomic mass is 31.2. The lowest BCUT2D eigenvalue weighted by Gasteiger charge is -2.20. The average molecular weight is 954 g/mol. The van der Waals surface area contributed by atoms with Gasteiger partial charge in [0.15, 0.2) is 17.3 Å². The number of carbonyl (C=O) groups excluding carboxylic acids is 5. The molecule has 358 valence electrons. The van der Waals surface area contributed by atoms with Crippen molar-refractivity contribution in [1.29, 1.82) is 0 Å². The van der Waals surface area contributed by atoms with Crippen LogP contribution in [0.1, 0.15) is 66.8 Å². The molecule has 2 atom stereocenters. The van der Waals surface area contributed by atoms with Crippen molar-refractivity contribution in [3.8, 4) is 11.5 Å². The SMILES string of the molecule is C=C1C[C@H]2C=Nc3cc(OCCCC(=O)Nc4cn(C)c(C(=O)Nc5cc(C(=O)Nc6cc(C(=O)NCc7ccc(NP(=O)(O)OCCOC)cc7)n(C)c6)n(C)c5)n4)c(OC)cc3C(=O)N2C1. The minimum atomic E-state index is -4.08. The molecule has 3 aromatic heterocycles. The molecule has 2 aliphatic heterocycles. The molecule has 5 amide bonds. The van der Waals surface area contributed by atoms with Crippen molar-refractivity contribution in [1.82, 2.24) is 28.9 Å². The Balaban J connectivity index is 0.865. The van der Waals surface area contributed by atoms with Crippen LogP contribution in [0.5, 0.6) is 11.5 Å². The second kappa shape index (κ2) is 21.0. The molecule has 0 spiro atoms. The summed E-state index contributed by atoms with van der Waals surface area (Å²) in [6.45, 7) is 4.91. The first-order valence-electron chi connectivity index (χ1n) is 21.3. The average Bonchev–Trinajstić information content (AvgIpc) is 4.06. The highest BCUT2D eigenvalue weighted by Gasteiger charge is 2.34. The number of aromatic nitrogens is 4. The summed E-state index contributed by atoms with van der Waals surface area (Å²) >= 11 is 0. The van der Waals surface area contributed by atoms with Gasteiger partial charge in [-0.2, -0.15) is 0 Å². The van der Waals surface area contributed by atoms with Crippen LogP contribution in [0.4, 0.5) is 28.6 Å². The number of hydrogen-bond donors (Lipinski definition) is 6. The number of aliphatic imine (C=N–C) groups is 1. The number of fused-ring (bicyclic) bond motifs is 2. The van der Waals surface area contributed by atoms with Gasteiger partial charge in [-0.25, -0.2) is 9.55 Å². The van der Waals surface area contributed by atoms with Gasteiger partial charge >= 0.3 is 7.75 Å². The second-order valence-corrected chi connectivity index (χ2v) is 17.5. The van der Waals surface area contributed by atoms with E-state index in [2.05, 4.69) is 42.9 Å². The van der Waals surface area contributed by atoms with E-state index in [0.717, 1.165) is 11.1 Å². The van der Waals surface area contributed by atoms with Crippen molar-refractivity contribution in [3.63, 3.8) is 0 Å². The van der Waals surface area contributed by atoms with Crippen LogP contribution >= 0.6 is 7.75 Å². The minimum absolute atomic E-state index is 0.00197. The molecule has 1 unspecified atom stereocenters. The van der Waals surface area contributed by atoms with E-state index in [1.165, 1.54) is 41.7 Å². The zero-order valence-corrected chi connectivity index (χ0v) is 38.9. The van der Waals surface area contributed by atoms with Gasteiger partial charge in [0.2, 0.25) is 11.7 Å². The highest BCUT2D eigenvalue weighted by Crippen LogP contribution is 2.42. The summed E-state index contributed by atoms with van der Waals surface area (Å²) in [5.41, 5.74) is 4.07. The molecule has 1 saturated heterocycles. The number of rotatable bonds is 20. The first-order chi connectivity index (χ1) is 32.5. The van der Waals surface area contributed by atoms with E-state index in [-0.39, 0.29) is 73.7 Å². The molecule has 7 rings (SSSR count). The van der Waals surface area contributed by atoms with Crippen LogP contribution in [0.25, 0.3) is 0 Å². The van der Waals surface area contributed by atoms with Gasteiger partial charge in [0.05, 0.1) is 55.6 Å². The topological polar surface area (TPSA) is 263 Å². The molecular weight excluding hydrogens is 902 g/mol. The van der Waals surface area contributed by atoms with Gasteiger partial charge in [-0.3, -0.25) is 38.6 Å². The molecule has 22 nitrogen and oxygen atoms in total. The van der Waals surface area contributed by atoms with Gasteiger partial charge in [0.1, 0.15) is 11.4 Å². The second-order valence-electron chi connectivity index (χ2n) is 16.0. The molecule has 5 heterocycles. The van der Waals surface area contributed by atoms with E-state index < -0.39 is 25.5 Å². The van der Waals surface area contributed by atoms with Crippen LogP contribution in [0.15, 0.2) is 84.3 Å². The van der Waals surface area contributed by atoms with E-state index in [1.807, 2.05) is 0 Å². The Kier molecular flexibility index (Phi) is 14.9. The van der Waals surface area contributed by atoms with Crippen LogP contribution in [-0.4, -0.2) is 111 Å². The predicted octanol–water partition coefficient (Wildman–Crippen LogP) is 5.00. The van der Waals surface area contributed by atoms with E-state index in [1.54, 1.807) is 85.6 Å². The number of nitrogens with zero attached hydrogens (tertiary/aromatic N) is 6. The van der Waals surface area contributed by atoms with E-state index in [9.17, 15) is 33.4 Å². The fourth-order valence-electron chi connectivity index (χ4n) is 7.47. The van der Waals surface area contributed by atoms with Crippen LogP contribution in [-0.2, 0) is 46.3 Å². The Morgan fingerprint density at radius 3 is 2.22 bits per heavy atom. The van der Waals surface area contributed by atoms with Gasteiger partial charge in [-0.15, -0.1) is 0 Å². The molecular formula is C45H52N11O11P. The molecule has 0 bridgehead atoms. The Morgan fingerprint density at radius 1 is 0.838 bits per heavy atom. The molecule has 0 aliphatic carbocycles. The van der Waals surface area contributed by atoms with Crippen molar-refractivity contribution >= 4 is 72.1 Å². The van der Waals surface area contributed by atoms with Crippen molar-refractivity contribution in [2.24, 2.45) is 26.1 Å². The first kappa shape index (κ1) is 48.4. The largest absolute Gasteiger partial charge is 0.493 e. The molecule has 6 N–H and O–H groups in total. The Bertz CT molecular complexity index is 2830. The molecule has 1 fully saturated rings. The lowest BCUT2D eigenvalue weighted by atomic mass is 10.1. The van der Waals surface area contributed by atoms with E-state index in [4.69, 9.17) is 18.7 Å². The minimum Gasteiger partial charge on any atom is -0.493 e. The van der Waals surface area contributed by atoms with Gasteiger partial charge in [-0.1, -0.05) is 24.3 Å². The molecule has 2 aromatic carbocycles. The quantitative estimate of drug-likeness (QED) is 0.0341. The van der Waals surface area contributed by atoms with E-state index in [0.29, 0.717) is 59.2 Å². The number of amides is 5. The third-order valence-electron chi connectivity index (χ3n) is 10.8. The van der Waals surface area contributed by atoms with Gasteiger partial charge < -0.3 is 59.0 Å². The fourth-order valence-corrected chi connectivity index (χ4v) is 8.33. The maximum atomic E-state index is 13.4. The number of aryl methyl sites for hydroxylation is 3. The van der Waals surface area contributed by atoms with Crippen LogP contribution in [0, 0.1) is 0 Å². The summed E-state index contributed by atoms with van der Waals surface area (Å²) in [7, 11) is 3.75. The molecule has 0 saturated carbocycles. The molecule has 68 heavy (non-hydrogen) atoms. The number of imidazole rings is 1. The zero-order chi connectivity index (χ0) is 48.7. The van der Waals surface area contributed by atoms with E-state index >= 15 is 0 Å². The monoisotopic (exact) mass is 953 g/mol. The number of benzene rings is 2. The standard InChI is InChI=1S/C45H52N11O11P/c1-27-16-32-22-46-34-20-38(37(65-6)19-33(34)45(61)56(32)23-27)66-13-7-8-40(57)50-39-26-55(4)41(51-39)44(60)49-31-18-36(54(3)25-31)43(59)48-30-17-35(53(2)24-30)42(58)47-21-28-9-11-29(12-10-28)52-68(62,63)67-15-14-64-5/h9-12,17-20,22,24-26,32H,1,7-8,13-16,21,23H2,2-6H3,(H,47,58)(H,48,59)(H,49,60)(H,50,57)(H2,52,62,63)/t32-/m0/s1. The van der Waals surface area contributed by atoms with Crippen molar-refractivity contribution in [2.45, 2.75) is 31.8 Å². The summed E-state index contributed by atoms with van der Waals surface area (Å²) in [6.07, 6.45) is 7.47. The summed E-state index contributed by atoms with van der Waals surface area (Å²) in [4.78, 5) is 86.4. The molecule has 2 aliphatic rings. The van der Waals surface area contributed by atoms with Crippen molar-refractivity contribution < 1.29 is 52.2 Å². The number of nitrogens with one attached hydrogen (secondary N) is 5. The smallest absolute Gasteiger partial charge is 0.430 e. The fraction of sp³-hybridized carbons (Fsp3) is 0.311. The Morgan fingerprint density at radius 2 is 1.53 bits per heavy atom. The lowest BCUT2D eigenvalue weighted by molar-refractivity contribution is -0.116. The Hall–Kier alpha value is -7.52. The lowest BCUT2D eigenvalue weighted by Crippen LogP contribution is -2.35. The number of ether oxygens (including phenoxy) is 3. The third-order valence-corrected chi connectivity index (χ3v) is 11.9. The van der Waals surface area contributed by atoms with Gasteiger partial charge in [-0.05, 0) is 48.7 Å². The predicted molar refractivity (Wildman–Crippen MR) is 252 cm³/mol.